The van der Waals surface area contributed by atoms with Crippen molar-refractivity contribution in [2.45, 2.75) is 6.10 Å². The van der Waals surface area contributed by atoms with E-state index >= 15 is 0 Å². The van der Waals surface area contributed by atoms with Crippen molar-refractivity contribution in [3.8, 4) is 0 Å². The van der Waals surface area contributed by atoms with E-state index in [9.17, 15) is 9.18 Å². The number of rotatable bonds is 2. The smallest absolute Gasteiger partial charge is 0.337 e. The molecule has 0 aliphatic rings. The first-order chi connectivity index (χ1) is 6.02. The minimum Gasteiger partial charge on any atom is -0.479 e. The predicted molar refractivity (Wildman–Crippen MR) is 44.0 cm³/mol. The highest BCUT2D eigenvalue weighted by atomic mass is 35.5. The Morgan fingerprint density at radius 3 is 2.62 bits per heavy atom. The second kappa shape index (κ2) is 3.72. The summed E-state index contributed by atoms with van der Waals surface area (Å²) >= 11 is 5.36. The molecule has 1 rings (SSSR count). The Labute approximate surface area is 78.4 Å². The molecule has 1 aromatic rings. The van der Waals surface area contributed by atoms with Crippen molar-refractivity contribution >= 4 is 17.6 Å². The minimum absolute atomic E-state index is 0.0330. The molecule has 13 heavy (non-hydrogen) atoms. The maximum absolute atomic E-state index is 12.8. The van der Waals surface area contributed by atoms with E-state index in [1.165, 1.54) is 12.1 Å². The molecule has 0 amide bonds. The maximum atomic E-state index is 12.8. The lowest BCUT2D eigenvalue weighted by molar-refractivity contribution is -0.146. The molecular formula is C8H6ClFO3. The van der Waals surface area contributed by atoms with Gasteiger partial charge in [-0.3, -0.25) is 0 Å². The molecule has 1 aromatic carbocycles. The van der Waals surface area contributed by atoms with Gasteiger partial charge in [0.25, 0.3) is 0 Å². The Balaban J connectivity index is 3.03. The third kappa shape index (κ3) is 2.17. The fourth-order valence-electron chi connectivity index (χ4n) is 0.825. The van der Waals surface area contributed by atoms with Crippen LogP contribution in [-0.2, 0) is 4.79 Å². The van der Waals surface area contributed by atoms with Crippen molar-refractivity contribution in [3.63, 3.8) is 0 Å². The minimum atomic E-state index is -1.72. The summed E-state index contributed by atoms with van der Waals surface area (Å²) in [5, 5.41) is 17.3. The van der Waals surface area contributed by atoms with Crippen molar-refractivity contribution in [1.29, 1.82) is 0 Å². The summed E-state index contributed by atoms with van der Waals surface area (Å²) in [6.07, 6.45) is -1.72. The average molecular weight is 205 g/mol. The predicted octanol–water partition coefficient (Wildman–Crippen LogP) is 1.60. The van der Waals surface area contributed by atoms with Gasteiger partial charge in [0, 0.05) is 0 Å². The van der Waals surface area contributed by atoms with Gasteiger partial charge in [0.05, 0.1) is 5.02 Å². The van der Waals surface area contributed by atoms with Crippen molar-refractivity contribution in [2.75, 3.05) is 0 Å². The number of carboxylic acids is 1. The number of carboxylic acid groups (broad SMARTS) is 1. The number of carbonyl (C=O) groups is 1. The third-order valence-corrected chi connectivity index (χ3v) is 1.80. The number of hydrogen-bond acceptors (Lipinski definition) is 2. The van der Waals surface area contributed by atoms with Crippen molar-refractivity contribution in [2.24, 2.45) is 0 Å². The zero-order valence-electron chi connectivity index (χ0n) is 6.37. The number of aliphatic hydroxyl groups is 1. The Hall–Kier alpha value is -1.13. The van der Waals surface area contributed by atoms with Gasteiger partial charge >= 0.3 is 5.97 Å². The quantitative estimate of drug-likeness (QED) is 0.769. The number of hydrogen-bond donors (Lipinski definition) is 2. The zero-order valence-corrected chi connectivity index (χ0v) is 7.12. The number of benzene rings is 1. The van der Waals surface area contributed by atoms with Gasteiger partial charge < -0.3 is 10.2 Å². The van der Waals surface area contributed by atoms with Gasteiger partial charge in [-0.15, -0.1) is 0 Å². The summed E-state index contributed by atoms with van der Waals surface area (Å²) in [5.74, 6) is -2.18. The Bertz CT molecular complexity index is 340. The Morgan fingerprint density at radius 2 is 2.15 bits per heavy atom. The van der Waals surface area contributed by atoms with Crippen LogP contribution in [-0.4, -0.2) is 16.2 Å². The topological polar surface area (TPSA) is 57.5 Å². The molecule has 0 radical (unpaired) electrons. The van der Waals surface area contributed by atoms with Crippen LogP contribution >= 0.6 is 11.6 Å². The Kier molecular flexibility index (Phi) is 2.85. The molecule has 0 aliphatic heterocycles. The van der Waals surface area contributed by atoms with Crippen LogP contribution in [0.15, 0.2) is 18.2 Å². The van der Waals surface area contributed by atoms with E-state index in [4.69, 9.17) is 21.8 Å². The first-order valence-electron chi connectivity index (χ1n) is 3.38. The SMILES string of the molecule is O=C(O)[C@@H](O)c1ccc(Cl)c(F)c1. The maximum Gasteiger partial charge on any atom is 0.337 e. The van der Waals surface area contributed by atoms with Gasteiger partial charge in [0.15, 0.2) is 6.10 Å². The van der Waals surface area contributed by atoms with Gasteiger partial charge in [-0.25, -0.2) is 9.18 Å². The van der Waals surface area contributed by atoms with E-state index < -0.39 is 17.9 Å². The van der Waals surface area contributed by atoms with Crippen LogP contribution in [0.4, 0.5) is 4.39 Å². The summed E-state index contributed by atoms with van der Waals surface area (Å²) in [6, 6.07) is 3.34. The van der Waals surface area contributed by atoms with Gasteiger partial charge in [-0.05, 0) is 17.7 Å². The third-order valence-electron chi connectivity index (χ3n) is 1.49. The zero-order chi connectivity index (χ0) is 10.0. The fraction of sp³-hybridized carbons (Fsp3) is 0.125. The van der Waals surface area contributed by atoms with Crippen LogP contribution < -0.4 is 0 Å². The van der Waals surface area contributed by atoms with E-state index in [1.807, 2.05) is 0 Å². The van der Waals surface area contributed by atoms with Crippen LogP contribution in [0.2, 0.25) is 5.02 Å². The number of aliphatic carboxylic acids is 1. The largest absolute Gasteiger partial charge is 0.479 e. The normalized spacial score (nSPS) is 12.5. The molecule has 0 heterocycles. The van der Waals surface area contributed by atoms with Crippen LogP contribution in [0.5, 0.6) is 0 Å². The molecular weight excluding hydrogens is 199 g/mol. The van der Waals surface area contributed by atoms with Crippen molar-refractivity contribution < 1.29 is 19.4 Å². The standard InChI is InChI=1S/C8H6ClFO3/c9-5-2-1-4(3-6(5)10)7(11)8(12)13/h1-3,7,11H,(H,12,13)/t7-/m0/s1. The number of aliphatic hydroxyl groups excluding tert-OH is 1. The highest BCUT2D eigenvalue weighted by Gasteiger charge is 2.16. The van der Waals surface area contributed by atoms with Crippen molar-refractivity contribution in [3.05, 3.63) is 34.6 Å². The summed E-state index contributed by atoms with van der Waals surface area (Å²) in [5.41, 5.74) is -0.0330. The van der Waals surface area contributed by atoms with E-state index in [0.717, 1.165) is 6.07 Å². The molecule has 70 valence electrons. The summed E-state index contributed by atoms with van der Waals surface area (Å²) in [7, 11) is 0. The Morgan fingerprint density at radius 1 is 1.54 bits per heavy atom. The second-order valence-electron chi connectivity index (χ2n) is 2.41. The van der Waals surface area contributed by atoms with Gasteiger partial charge in [-0.1, -0.05) is 17.7 Å². The highest BCUT2D eigenvalue weighted by Crippen LogP contribution is 2.20. The lowest BCUT2D eigenvalue weighted by Crippen LogP contribution is -2.10. The highest BCUT2D eigenvalue weighted by molar-refractivity contribution is 6.30. The molecule has 0 saturated carbocycles. The second-order valence-corrected chi connectivity index (χ2v) is 2.82. The molecule has 0 bridgehead atoms. The van der Waals surface area contributed by atoms with Crippen molar-refractivity contribution in [1.82, 2.24) is 0 Å². The first kappa shape index (κ1) is 9.95. The monoisotopic (exact) mass is 204 g/mol. The van der Waals surface area contributed by atoms with Crippen LogP contribution in [0, 0.1) is 5.82 Å². The van der Waals surface area contributed by atoms with Crippen LogP contribution in [0.1, 0.15) is 11.7 Å². The van der Waals surface area contributed by atoms with Crippen LogP contribution in [0.25, 0.3) is 0 Å². The fourth-order valence-corrected chi connectivity index (χ4v) is 0.943. The molecule has 0 aliphatic carbocycles. The molecule has 0 fully saturated rings. The molecule has 0 unspecified atom stereocenters. The number of halogens is 2. The summed E-state index contributed by atoms with van der Waals surface area (Å²) in [4.78, 5) is 10.3. The van der Waals surface area contributed by atoms with Gasteiger partial charge in [-0.2, -0.15) is 0 Å². The summed E-state index contributed by atoms with van der Waals surface area (Å²) in [6.45, 7) is 0. The first-order valence-corrected chi connectivity index (χ1v) is 3.76. The molecule has 0 saturated heterocycles. The lowest BCUT2D eigenvalue weighted by atomic mass is 10.1. The molecule has 1 atom stereocenters. The molecule has 5 heteroatoms. The molecule has 0 spiro atoms. The van der Waals surface area contributed by atoms with E-state index in [0.29, 0.717) is 0 Å². The van der Waals surface area contributed by atoms with E-state index in [-0.39, 0.29) is 10.6 Å². The van der Waals surface area contributed by atoms with E-state index in [1.54, 1.807) is 0 Å². The lowest BCUT2D eigenvalue weighted by Gasteiger charge is -2.05. The molecule has 3 nitrogen and oxygen atoms in total. The van der Waals surface area contributed by atoms with Gasteiger partial charge in [0.2, 0.25) is 0 Å². The van der Waals surface area contributed by atoms with E-state index in [2.05, 4.69) is 0 Å². The van der Waals surface area contributed by atoms with Crippen LogP contribution in [0.3, 0.4) is 0 Å². The van der Waals surface area contributed by atoms with Gasteiger partial charge in [0.1, 0.15) is 5.82 Å². The molecule has 2 N–H and O–H groups in total. The summed E-state index contributed by atoms with van der Waals surface area (Å²) < 4.78 is 12.8. The average Bonchev–Trinajstić information content (AvgIpc) is 2.08. The molecule has 0 aromatic heterocycles.